The molecule has 1 atom stereocenters. The molecule has 0 aromatic carbocycles. The predicted octanol–water partition coefficient (Wildman–Crippen LogP) is -1.22. The minimum Gasteiger partial charge on any atom is -0.366 e. The second-order valence-corrected chi connectivity index (χ2v) is 3.17. The molecule has 14 heavy (non-hydrogen) atoms. The van der Waals surface area contributed by atoms with Crippen molar-refractivity contribution in [2.24, 2.45) is 17.4 Å². The van der Waals surface area contributed by atoms with Gasteiger partial charge in [0.2, 0.25) is 5.91 Å². The van der Waals surface area contributed by atoms with Crippen molar-refractivity contribution in [3.63, 3.8) is 0 Å². The molecule has 0 aromatic rings. The molecule has 0 aliphatic carbocycles. The Balaban J connectivity index is 0. The van der Waals surface area contributed by atoms with E-state index in [1.807, 2.05) is 6.92 Å². The van der Waals surface area contributed by atoms with Gasteiger partial charge in [-0.3, -0.25) is 8.98 Å². The van der Waals surface area contributed by atoms with Crippen LogP contribution in [0, 0.1) is 5.92 Å². The molecular formula is C7H16N2O4S. The Kier molecular flexibility index (Phi) is 11.3. The van der Waals surface area contributed by atoms with Crippen molar-refractivity contribution >= 4 is 16.9 Å². The first-order valence-corrected chi connectivity index (χ1v) is 4.92. The van der Waals surface area contributed by atoms with Crippen molar-refractivity contribution < 1.29 is 17.4 Å². The molecule has 0 heterocycles. The van der Waals surface area contributed by atoms with Gasteiger partial charge in [0.25, 0.3) is 11.0 Å². The van der Waals surface area contributed by atoms with Crippen LogP contribution in [0.15, 0.2) is 12.7 Å². The molecule has 0 radical (unpaired) electrons. The second-order valence-electron chi connectivity index (χ2n) is 2.47. The van der Waals surface area contributed by atoms with E-state index in [1.165, 1.54) is 0 Å². The number of carbonyl (C=O) groups is 1. The minimum atomic E-state index is -2.69. The lowest BCUT2D eigenvalue weighted by atomic mass is 10.2. The fourth-order valence-electron chi connectivity index (χ4n) is 0.256. The number of nitrogens with two attached hydrogens (primary N) is 2. The molecule has 84 valence electrons. The van der Waals surface area contributed by atoms with Crippen molar-refractivity contribution in [3.8, 4) is 0 Å². The van der Waals surface area contributed by atoms with Crippen molar-refractivity contribution in [1.29, 1.82) is 0 Å². The number of amides is 1. The van der Waals surface area contributed by atoms with E-state index in [0.29, 0.717) is 6.54 Å². The highest BCUT2D eigenvalue weighted by molar-refractivity contribution is 7.67. The zero-order valence-corrected chi connectivity index (χ0v) is 8.91. The van der Waals surface area contributed by atoms with Crippen LogP contribution in [0.25, 0.3) is 0 Å². The number of hydrogen-bond acceptors (Lipinski definition) is 5. The van der Waals surface area contributed by atoms with Gasteiger partial charge >= 0.3 is 0 Å². The molecule has 0 saturated carbocycles. The van der Waals surface area contributed by atoms with E-state index in [0.717, 1.165) is 6.08 Å². The van der Waals surface area contributed by atoms with Crippen LogP contribution in [-0.2, 0) is 20.0 Å². The molecule has 0 fully saturated rings. The molecule has 0 aromatic heterocycles. The van der Waals surface area contributed by atoms with E-state index < -0.39 is 16.9 Å². The topological polar surface area (TPSA) is 112 Å². The summed E-state index contributed by atoms with van der Waals surface area (Å²) in [5.74, 6) is -0.372. The standard InChI is InChI=1S/C4H11NO3S.C3H5NO/c1-4(2-5)3-8-9(6)7;1-2-3(4)5/h4,9H,2-3,5H2,1H3;2H,1H2,(H2,4,5). The third-order valence-corrected chi connectivity index (χ3v) is 1.43. The molecule has 0 aliphatic heterocycles. The summed E-state index contributed by atoms with van der Waals surface area (Å²) in [7, 11) is -2.69. The molecule has 0 rings (SSSR count). The fraction of sp³-hybridized carbons (Fsp3) is 0.571. The number of hydrogen-bond donors (Lipinski definition) is 3. The van der Waals surface area contributed by atoms with E-state index in [1.54, 1.807) is 0 Å². The van der Waals surface area contributed by atoms with Crippen molar-refractivity contribution in [3.05, 3.63) is 12.7 Å². The highest BCUT2D eigenvalue weighted by Gasteiger charge is 1.97. The summed E-state index contributed by atoms with van der Waals surface area (Å²) < 4.78 is 23.9. The van der Waals surface area contributed by atoms with E-state index in [2.05, 4.69) is 16.5 Å². The third kappa shape index (κ3) is 17.2. The summed E-state index contributed by atoms with van der Waals surface area (Å²) >= 11 is 0. The Morgan fingerprint density at radius 2 is 2.07 bits per heavy atom. The highest BCUT2D eigenvalue weighted by atomic mass is 32.2. The molecule has 1 amide bonds. The van der Waals surface area contributed by atoms with E-state index >= 15 is 0 Å². The zero-order valence-electron chi connectivity index (χ0n) is 8.01. The van der Waals surface area contributed by atoms with Crippen LogP contribution in [0.4, 0.5) is 0 Å². The van der Waals surface area contributed by atoms with E-state index in [4.69, 9.17) is 5.73 Å². The molecular weight excluding hydrogens is 208 g/mol. The van der Waals surface area contributed by atoms with Gasteiger partial charge in [0, 0.05) is 0 Å². The van der Waals surface area contributed by atoms with E-state index in [9.17, 15) is 13.2 Å². The summed E-state index contributed by atoms with van der Waals surface area (Å²) in [5.41, 5.74) is 9.72. The molecule has 0 spiro atoms. The monoisotopic (exact) mass is 224 g/mol. The minimum absolute atomic E-state index is 0.109. The number of carbonyl (C=O) groups excluding carboxylic acids is 1. The maximum Gasteiger partial charge on any atom is 0.257 e. The lowest BCUT2D eigenvalue weighted by Gasteiger charge is -2.02. The van der Waals surface area contributed by atoms with Crippen LogP contribution in [-0.4, -0.2) is 27.5 Å². The van der Waals surface area contributed by atoms with Crippen LogP contribution >= 0.6 is 0 Å². The van der Waals surface area contributed by atoms with Gasteiger partial charge in [0.1, 0.15) is 0 Å². The van der Waals surface area contributed by atoms with Crippen LogP contribution in [0.1, 0.15) is 6.92 Å². The average molecular weight is 224 g/mol. The lowest BCUT2D eigenvalue weighted by Crippen LogP contribution is -2.15. The van der Waals surface area contributed by atoms with Gasteiger partial charge in [0.05, 0.1) is 6.61 Å². The molecule has 6 nitrogen and oxygen atoms in total. The van der Waals surface area contributed by atoms with Crippen LogP contribution in [0.3, 0.4) is 0 Å². The van der Waals surface area contributed by atoms with Gasteiger partial charge in [0.15, 0.2) is 0 Å². The van der Waals surface area contributed by atoms with Crippen molar-refractivity contribution in [2.45, 2.75) is 6.92 Å². The Hall–Kier alpha value is -0.920. The average Bonchev–Trinajstić information content (AvgIpc) is 2.14. The molecule has 7 heteroatoms. The normalized spacial score (nSPS) is 11.4. The van der Waals surface area contributed by atoms with Gasteiger partial charge in [-0.15, -0.1) is 0 Å². The molecule has 0 aliphatic rings. The summed E-state index contributed by atoms with van der Waals surface area (Å²) in [4.78, 5) is 9.47. The van der Waals surface area contributed by atoms with Crippen LogP contribution in [0.2, 0.25) is 0 Å². The summed E-state index contributed by atoms with van der Waals surface area (Å²) in [6, 6.07) is 0. The lowest BCUT2D eigenvalue weighted by molar-refractivity contribution is -0.113. The van der Waals surface area contributed by atoms with Gasteiger partial charge in [-0.2, -0.15) is 0 Å². The van der Waals surface area contributed by atoms with Crippen LogP contribution < -0.4 is 11.5 Å². The summed E-state index contributed by atoms with van der Waals surface area (Å²) in [6.07, 6.45) is 1.06. The Morgan fingerprint density at radius 3 is 2.29 bits per heavy atom. The summed E-state index contributed by atoms with van der Waals surface area (Å²) in [6.45, 7) is 5.54. The highest BCUT2D eigenvalue weighted by Crippen LogP contribution is 1.90. The number of thiol groups is 1. The van der Waals surface area contributed by atoms with Gasteiger partial charge in [-0.1, -0.05) is 13.5 Å². The smallest absolute Gasteiger partial charge is 0.257 e. The first-order valence-electron chi connectivity index (χ1n) is 3.83. The first-order chi connectivity index (χ1) is 6.43. The molecule has 0 saturated heterocycles. The fourth-order valence-corrected chi connectivity index (χ4v) is 0.632. The van der Waals surface area contributed by atoms with Gasteiger partial charge in [-0.25, -0.2) is 8.42 Å². The van der Waals surface area contributed by atoms with Gasteiger partial charge < -0.3 is 11.5 Å². The zero-order chi connectivity index (χ0) is 11.6. The maximum absolute atomic E-state index is 9.79. The Labute approximate surface area is 85.1 Å². The molecule has 4 N–H and O–H groups in total. The Morgan fingerprint density at radius 1 is 1.64 bits per heavy atom. The Bertz CT molecular complexity index is 232. The quantitative estimate of drug-likeness (QED) is 0.400. The maximum atomic E-state index is 9.79. The molecule has 0 bridgehead atoms. The first kappa shape index (κ1) is 15.5. The SMILES string of the molecule is C=CC(N)=O.CC(CN)CO[SH](=O)=O. The number of primary amides is 1. The number of rotatable bonds is 5. The predicted molar refractivity (Wildman–Crippen MR) is 53.9 cm³/mol. The van der Waals surface area contributed by atoms with Gasteiger partial charge in [-0.05, 0) is 18.5 Å². The summed E-state index contributed by atoms with van der Waals surface area (Å²) in [5, 5.41) is 0. The van der Waals surface area contributed by atoms with Crippen LogP contribution in [0.5, 0.6) is 0 Å². The van der Waals surface area contributed by atoms with E-state index in [-0.39, 0.29) is 12.5 Å². The second kappa shape index (κ2) is 10.2. The largest absolute Gasteiger partial charge is 0.366 e. The van der Waals surface area contributed by atoms with Crippen molar-refractivity contribution in [2.75, 3.05) is 13.2 Å². The molecule has 1 unspecified atom stereocenters. The third-order valence-electron chi connectivity index (χ3n) is 1.07. The van der Waals surface area contributed by atoms with Crippen molar-refractivity contribution in [1.82, 2.24) is 0 Å².